The smallest absolute Gasteiger partial charge is 0.143 e. The van der Waals surface area contributed by atoms with Crippen LogP contribution in [0.3, 0.4) is 0 Å². The molecular weight excluding hydrogens is 238 g/mol. The molecule has 2 N–H and O–H groups in total. The topological polar surface area (TPSA) is 52.3 Å². The first kappa shape index (κ1) is 13.6. The second-order valence-corrected chi connectivity index (χ2v) is 8.06. The number of Topliss-reactive ketones (excluding diaryl/α,β-unsaturated/α-hetero) is 1. The quantitative estimate of drug-likeness (QED) is 0.834. The Hall–Kier alpha value is -0.410. The van der Waals surface area contributed by atoms with Crippen molar-refractivity contribution >= 4 is 5.78 Å². The Kier molecular flexibility index (Phi) is 2.89. The molecule has 3 nitrogen and oxygen atoms in total. The summed E-state index contributed by atoms with van der Waals surface area (Å²) in [5.41, 5.74) is 5.79. The number of ether oxygens (including phenoxy) is 1. The highest BCUT2D eigenvalue weighted by molar-refractivity contribution is 5.86. The van der Waals surface area contributed by atoms with Gasteiger partial charge in [-0.05, 0) is 65.2 Å². The second-order valence-electron chi connectivity index (χ2n) is 8.06. The largest absolute Gasteiger partial charge is 0.369 e. The van der Waals surface area contributed by atoms with Gasteiger partial charge in [-0.15, -0.1) is 0 Å². The predicted molar refractivity (Wildman–Crippen MR) is 74.7 cm³/mol. The average Bonchev–Trinajstić information content (AvgIpc) is 2.88. The van der Waals surface area contributed by atoms with E-state index in [1.807, 2.05) is 0 Å². The third kappa shape index (κ3) is 2.06. The number of hydrogen-bond acceptors (Lipinski definition) is 3. The molecule has 0 aromatic carbocycles. The van der Waals surface area contributed by atoms with Gasteiger partial charge in [0.05, 0.1) is 11.2 Å². The van der Waals surface area contributed by atoms with Crippen molar-refractivity contribution in [3.05, 3.63) is 0 Å². The first-order valence-electron chi connectivity index (χ1n) is 7.71. The summed E-state index contributed by atoms with van der Waals surface area (Å²) in [5, 5.41) is 0. The highest BCUT2D eigenvalue weighted by Crippen LogP contribution is 2.51. The van der Waals surface area contributed by atoms with Crippen LogP contribution in [0.5, 0.6) is 0 Å². The van der Waals surface area contributed by atoms with Crippen molar-refractivity contribution in [3.63, 3.8) is 0 Å². The highest BCUT2D eigenvalue weighted by Gasteiger charge is 2.56. The van der Waals surface area contributed by atoms with Crippen LogP contribution in [0.4, 0.5) is 0 Å². The van der Waals surface area contributed by atoms with Crippen LogP contribution in [0, 0.1) is 23.7 Å². The first-order valence-corrected chi connectivity index (χ1v) is 7.71. The molecule has 0 amide bonds. The number of ketones is 1. The van der Waals surface area contributed by atoms with E-state index in [-0.39, 0.29) is 29.1 Å². The number of carbonyl (C=O) groups is 1. The van der Waals surface area contributed by atoms with Crippen LogP contribution in [0.1, 0.15) is 53.4 Å². The molecule has 5 atom stereocenters. The molecule has 3 fully saturated rings. The Morgan fingerprint density at radius 1 is 1.16 bits per heavy atom. The van der Waals surface area contributed by atoms with Gasteiger partial charge < -0.3 is 10.5 Å². The van der Waals surface area contributed by atoms with Crippen molar-refractivity contribution in [2.45, 2.75) is 70.6 Å². The molecule has 0 aromatic heterocycles. The molecular formula is C16H27NO2. The minimum atomic E-state index is -0.345. The summed E-state index contributed by atoms with van der Waals surface area (Å²) in [6, 6.07) is 0.103. The lowest BCUT2D eigenvalue weighted by molar-refractivity contribution is -0.135. The van der Waals surface area contributed by atoms with Crippen molar-refractivity contribution in [1.29, 1.82) is 0 Å². The van der Waals surface area contributed by atoms with Gasteiger partial charge in [-0.1, -0.05) is 0 Å². The fourth-order valence-corrected chi connectivity index (χ4v) is 5.00. The average molecular weight is 265 g/mol. The van der Waals surface area contributed by atoms with Gasteiger partial charge in [0.1, 0.15) is 5.78 Å². The van der Waals surface area contributed by atoms with Crippen molar-refractivity contribution in [2.24, 2.45) is 29.4 Å². The van der Waals surface area contributed by atoms with E-state index in [0.717, 1.165) is 6.42 Å². The monoisotopic (exact) mass is 265 g/mol. The third-order valence-corrected chi connectivity index (χ3v) is 5.73. The molecule has 0 spiro atoms. The zero-order valence-corrected chi connectivity index (χ0v) is 12.6. The second kappa shape index (κ2) is 4.05. The molecule has 0 radical (unpaired) electrons. The van der Waals surface area contributed by atoms with E-state index < -0.39 is 0 Å². The molecule has 19 heavy (non-hydrogen) atoms. The van der Waals surface area contributed by atoms with Crippen molar-refractivity contribution in [2.75, 3.05) is 0 Å². The molecule has 2 aliphatic carbocycles. The maximum absolute atomic E-state index is 13.0. The lowest BCUT2D eigenvalue weighted by Gasteiger charge is -2.33. The van der Waals surface area contributed by atoms with E-state index in [1.165, 1.54) is 19.3 Å². The van der Waals surface area contributed by atoms with Gasteiger partial charge in [-0.3, -0.25) is 4.79 Å². The molecule has 5 unspecified atom stereocenters. The normalized spacial score (nSPS) is 46.7. The van der Waals surface area contributed by atoms with Crippen LogP contribution < -0.4 is 5.73 Å². The Balaban J connectivity index is 1.81. The van der Waals surface area contributed by atoms with E-state index in [1.54, 1.807) is 0 Å². The molecule has 3 aliphatic rings. The summed E-state index contributed by atoms with van der Waals surface area (Å²) in [6.07, 6.45) is 4.44. The van der Waals surface area contributed by atoms with Gasteiger partial charge in [0, 0.05) is 17.9 Å². The van der Waals surface area contributed by atoms with Crippen LogP contribution in [0.2, 0.25) is 0 Å². The molecule has 2 saturated carbocycles. The van der Waals surface area contributed by atoms with Crippen molar-refractivity contribution < 1.29 is 9.53 Å². The van der Waals surface area contributed by atoms with Crippen LogP contribution >= 0.6 is 0 Å². The molecule has 0 aromatic rings. The van der Waals surface area contributed by atoms with Gasteiger partial charge in [0.15, 0.2) is 0 Å². The minimum absolute atomic E-state index is 0.0119. The maximum Gasteiger partial charge on any atom is 0.143 e. The maximum atomic E-state index is 13.0. The molecule has 2 bridgehead atoms. The number of hydrogen-bond donors (Lipinski definition) is 1. The molecule has 3 heteroatoms. The lowest BCUT2D eigenvalue weighted by atomic mass is 9.73. The summed E-state index contributed by atoms with van der Waals surface area (Å²) in [7, 11) is 0. The molecule has 3 rings (SSSR count). The van der Waals surface area contributed by atoms with E-state index in [2.05, 4.69) is 27.7 Å². The summed E-state index contributed by atoms with van der Waals surface area (Å²) in [4.78, 5) is 13.0. The highest BCUT2D eigenvalue weighted by atomic mass is 16.5. The fraction of sp³-hybridized carbons (Fsp3) is 0.938. The standard InChI is InChI=1S/C16H27NO2/c1-15(2)8-11(16(3,4)19-15)14(18)12-9-5-6-10(7-9)13(12)17/h9-13H,5-8,17H2,1-4H3. The Morgan fingerprint density at radius 3 is 2.26 bits per heavy atom. The summed E-state index contributed by atoms with van der Waals surface area (Å²) < 4.78 is 6.08. The minimum Gasteiger partial charge on any atom is -0.369 e. The van der Waals surface area contributed by atoms with Crippen LogP contribution in [0.25, 0.3) is 0 Å². The van der Waals surface area contributed by atoms with Crippen LogP contribution in [-0.4, -0.2) is 23.0 Å². The van der Waals surface area contributed by atoms with Gasteiger partial charge in [-0.2, -0.15) is 0 Å². The van der Waals surface area contributed by atoms with Gasteiger partial charge in [0.25, 0.3) is 0 Å². The van der Waals surface area contributed by atoms with E-state index >= 15 is 0 Å². The molecule has 1 aliphatic heterocycles. The first-order chi connectivity index (χ1) is 8.71. The predicted octanol–water partition coefficient (Wildman–Crippen LogP) is 2.52. The van der Waals surface area contributed by atoms with E-state index in [9.17, 15) is 4.79 Å². The third-order valence-electron chi connectivity index (χ3n) is 5.73. The zero-order valence-electron chi connectivity index (χ0n) is 12.6. The van der Waals surface area contributed by atoms with Crippen molar-refractivity contribution in [3.8, 4) is 0 Å². The Labute approximate surface area is 116 Å². The lowest BCUT2D eigenvalue weighted by Crippen LogP contribution is -2.46. The Morgan fingerprint density at radius 2 is 1.79 bits per heavy atom. The van der Waals surface area contributed by atoms with Gasteiger partial charge >= 0.3 is 0 Å². The Bertz CT molecular complexity index is 400. The van der Waals surface area contributed by atoms with Gasteiger partial charge in [-0.25, -0.2) is 0 Å². The summed E-state index contributed by atoms with van der Waals surface area (Å²) >= 11 is 0. The summed E-state index contributed by atoms with van der Waals surface area (Å²) in [5.74, 6) is 1.64. The number of rotatable bonds is 2. The summed E-state index contributed by atoms with van der Waals surface area (Å²) in [6.45, 7) is 8.29. The fourth-order valence-electron chi connectivity index (χ4n) is 5.00. The molecule has 1 saturated heterocycles. The van der Waals surface area contributed by atoms with Crippen molar-refractivity contribution in [1.82, 2.24) is 0 Å². The number of carbonyl (C=O) groups excluding carboxylic acids is 1. The SMILES string of the molecule is CC1(C)CC(C(=O)C2C3CCC(C3)C2N)C(C)(C)O1. The van der Waals surface area contributed by atoms with Crippen LogP contribution in [0.15, 0.2) is 0 Å². The van der Waals surface area contributed by atoms with Gasteiger partial charge in [0.2, 0.25) is 0 Å². The molecule has 1 heterocycles. The number of fused-ring (bicyclic) bond motifs is 2. The molecule has 108 valence electrons. The van der Waals surface area contributed by atoms with Crippen LogP contribution in [-0.2, 0) is 9.53 Å². The van der Waals surface area contributed by atoms with E-state index in [0.29, 0.717) is 17.6 Å². The van der Waals surface area contributed by atoms with E-state index in [4.69, 9.17) is 10.5 Å². The number of nitrogens with two attached hydrogens (primary N) is 1. The zero-order chi connectivity index (χ0) is 14.0.